The van der Waals surface area contributed by atoms with Crippen molar-refractivity contribution in [2.24, 2.45) is 5.92 Å². The van der Waals surface area contributed by atoms with Crippen molar-refractivity contribution in [2.75, 3.05) is 24.7 Å². The number of ether oxygens (including phenoxy) is 1. The molecule has 1 aromatic rings. The zero-order valence-electron chi connectivity index (χ0n) is 11.8. The summed E-state index contributed by atoms with van der Waals surface area (Å²) in [7, 11) is -2.94. The smallest absolute Gasteiger partial charge is 0.220 e. The number of carbonyl (C=O) groups excluding carboxylic acids is 1. The highest BCUT2D eigenvalue weighted by atomic mass is 35.5. The summed E-state index contributed by atoms with van der Waals surface area (Å²) < 4.78 is 28.1. The van der Waals surface area contributed by atoms with Gasteiger partial charge in [0.2, 0.25) is 5.91 Å². The Morgan fingerprint density at radius 1 is 1.36 bits per heavy atom. The average molecular weight is 366 g/mol. The molecule has 1 N–H and O–H groups in total. The van der Waals surface area contributed by atoms with E-state index in [9.17, 15) is 13.2 Å². The third-order valence-electron chi connectivity index (χ3n) is 3.40. The highest BCUT2D eigenvalue weighted by Gasteiger charge is 2.29. The molecule has 0 radical (unpaired) electrons. The molecule has 2 rings (SSSR count). The fourth-order valence-corrected chi connectivity index (χ4v) is 4.52. The molecule has 1 aliphatic heterocycles. The predicted molar refractivity (Wildman–Crippen MR) is 86.3 cm³/mol. The summed E-state index contributed by atoms with van der Waals surface area (Å²) >= 11 is 11.8. The van der Waals surface area contributed by atoms with Crippen molar-refractivity contribution in [3.8, 4) is 5.75 Å². The highest BCUT2D eigenvalue weighted by molar-refractivity contribution is 7.91. The van der Waals surface area contributed by atoms with Crippen LogP contribution in [-0.2, 0) is 14.6 Å². The predicted octanol–water partition coefficient (Wildman–Crippen LogP) is 2.31. The Hall–Kier alpha value is -0.980. The van der Waals surface area contributed by atoms with Gasteiger partial charge in [-0.1, -0.05) is 29.3 Å². The normalized spacial score (nSPS) is 19.8. The number of sulfone groups is 1. The lowest BCUT2D eigenvalue weighted by Gasteiger charge is -2.11. The molecule has 0 bridgehead atoms. The maximum Gasteiger partial charge on any atom is 0.220 e. The topological polar surface area (TPSA) is 72.5 Å². The fourth-order valence-electron chi connectivity index (χ4n) is 2.31. The van der Waals surface area contributed by atoms with Gasteiger partial charge in [-0.25, -0.2) is 8.42 Å². The van der Waals surface area contributed by atoms with E-state index >= 15 is 0 Å². The number of carbonyl (C=O) groups is 1. The lowest BCUT2D eigenvalue weighted by molar-refractivity contribution is -0.121. The molecule has 1 amide bonds. The molecule has 8 heteroatoms. The van der Waals surface area contributed by atoms with E-state index in [4.69, 9.17) is 27.9 Å². The number of amides is 1. The van der Waals surface area contributed by atoms with Crippen LogP contribution in [0.25, 0.3) is 0 Å². The Morgan fingerprint density at radius 3 is 2.82 bits per heavy atom. The van der Waals surface area contributed by atoms with Crippen molar-refractivity contribution in [3.63, 3.8) is 0 Å². The summed E-state index contributed by atoms with van der Waals surface area (Å²) in [4.78, 5) is 11.7. The molecule has 1 saturated heterocycles. The van der Waals surface area contributed by atoms with E-state index in [-0.39, 0.29) is 36.4 Å². The minimum absolute atomic E-state index is 0.0757. The summed E-state index contributed by atoms with van der Waals surface area (Å²) in [6, 6.07) is 5.08. The van der Waals surface area contributed by atoms with Crippen LogP contribution in [0.15, 0.2) is 18.2 Å². The van der Waals surface area contributed by atoms with Crippen LogP contribution < -0.4 is 10.1 Å². The molecule has 1 atom stereocenters. The Morgan fingerprint density at radius 2 is 2.14 bits per heavy atom. The van der Waals surface area contributed by atoms with Crippen LogP contribution in [-0.4, -0.2) is 39.0 Å². The van der Waals surface area contributed by atoms with Crippen LogP contribution in [0.1, 0.15) is 12.8 Å². The zero-order valence-corrected chi connectivity index (χ0v) is 14.2. The van der Waals surface area contributed by atoms with E-state index in [0.717, 1.165) is 0 Å². The molecule has 22 heavy (non-hydrogen) atoms. The molecular weight excluding hydrogens is 349 g/mol. The van der Waals surface area contributed by atoms with Gasteiger partial charge in [-0.2, -0.15) is 0 Å². The molecule has 122 valence electrons. The van der Waals surface area contributed by atoms with Gasteiger partial charge in [-0.3, -0.25) is 4.79 Å². The monoisotopic (exact) mass is 365 g/mol. The maximum absolute atomic E-state index is 11.7. The number of hydrogen-bond acceptors (Lipinski definition) is 4. The van der Waals surface area contributed by atoms with Crippen LogP contribution in [0.5, 0.6) is 5.75 Å². The Kier molecular flexibility index (Phi) is 5.94. The van der Waals surface area contributed by atoms with E-state index in [1.165, 1.54) is 0 Å². The van der Waals surface area contributed by atoms with Crippen LogP contribution in [0.2, 0.25) is 10.0 Å². The largest absolute Gasteiger partial charge is 0.490 e. The first-order valence-corrected chi connectivity index (χ1v) is 9.49. The Balaban J connectivity index is 1.68. The number of halogens is 2. The van der Waals surface area contributed by atoms with Crippen molar-refractivity contribution in [2.45, 2.75) is 12.8 Å². The maximum atomic E-state index is 11.7. The van der Waals surface area contributed by atoms with Crippen LogP contribution in [0.4, 0.5) is 0 Å². The standard InChI is InChI=1S/C14H17Cl2NO4S/c15-11-2-1-3-12(14(11)16)21-6-5-17-13(18)8-10-4-7-22(19,20)9-10/h1-3,10H,4-9H2,(H,17,18)/t10-/m1/s1. The van der Waals surface area contributed by atoms with Crippen molar-refractivity contribution >= 4 is 38.9 Å². The third kappa shape index (κ3) is 5.04. The molecule has 1 aromatic carbocycles. The summed E-state index contributed by atoms with van der Waals surface area (Å²) in [5, 5.41) is 3.45. The van der Waals surface area contributed by atoms with E-state index in [2.05, 4.69) is 5.32 Å². The molecule has 1 aliphatic rings. The minimum Gasteiger partial charge on any atom is -0.490 e. The van der Waals surface area contributed by atoms with Crippen molar-refractivity contribution in [3.05, 3.63) is 28.2 Å². The number of rotatable bonds is 6. The SMILES string of the molecule is O=C(C[C@H]1CCS(=O)(=O)C1)NCCOc1cccc(Cl)c1Cl. The van der Waals surface area contributed by atoms with Gasteiger partial charge in [0.25, 0.3) is 0 Å². The van der Waals surface area contributed by atoms with Crippen molar-refractivity contribution < 1.29 is 17.9 Å². The van der Waals surface area contributed by atoms with Gasteiger partial charge in [0.15, 0.2) is 9.84 Å². The second-order valence-electron chi connectivity index (χ2n) is 5.22. The van der Waals surface area contributed by atoms with Gasteiger partial charge in [-0.15, -0.1) is 0 Å². The molecule has 1 heterocycles. The van der Waals surface area contributed by atoms with Gasteiger partial charge in [0, 0.05) is 6.42 Å². The minimum atomic E-state index is -2.94. The zero-order chi connectivity index (χ0) is 16.2. The van der Waals surface area contributed by atoms with E-state index < -0.39 is 9.84 Å². The molecule has 0 unspecified atom stereocenters. The van der Waals surface area contributed by atoms with E-state index in [1.807, 2.05) is 0 Å². The summed E-state index contributed by atoms with van der Waals surface area (Å²) in [5.74, 6) is 0.512. The average Bonchev–Trinajstić information content (AvgIpc) is 2.78. The van der Waals surface area contributed by atoms with Crippen LogP contribution in [0.3, 0.4) is 0 Å². The molecule has 0 aromatic heterocycles. The highest BCUT2D eigenvalue weighted by Crippen LogP contribution is 2.31. The molecular formula is C14H17Cl2NO4S. The van der Waals surface area contributed by atoms with Gasteiger partial charge in [-0.05, 0) is 24.5 Å². The van der Waals surface area contributed by atoms with Gasteiger partial charge in [0.05, 0.1) is 23.1 Å². The molecule has 0 saturated carbocycles. The first kappa shape index (κ1) is 17.4. The second-order valence-corrected chi connectivity index (χ2v) is 8.24. The quantitative estimate of drug-likeness (QED) is 0.785. The summed E-state index contributed by atoms with van der Waals surface area (Å²) in [5.41, 5.74) is 0. The van der Waals surface area contributed by atoms with Gasteiger partial charge >= 0.3 is 0 Å². The summed E-state index contributed by atoms with van der Waals surface area (Å²) in [6.45, 7) is 0.579. The van der Waals surface area contributed by atoms with Gasteiger partial charge in [0.1, 0.15) is 17.4 Å². The van der Waals surface area contributed by atoms with Crippen molar-refractivity contribution in [1.82, 2.24) is 5.32 Å². The summed E-state index contributed by atoms with van der Waals surface area (Å²) in [6.07, 6.45) is 0.793. The number of nitrogens with one attached hydrogen (secondary N) is 1. The van der Waals surface area contributed by atoms with Crippen molar-refractivity contribution in [1.29, 1.82) is 0 Å². The van der Waals surface area contributed by atoms with E-state index in [0.29, 0.717) is 28.8 Å². The number of benzene rings is 1. The third-order valence-corrected chi connectivity index (χ3v) is 6.04. The first-order chi connectivity index (χ1) is 10.4. The molecule has 0 aliphatic carbocycles. The Bertz CT molecular complexity index is 648. The molecule has 1 fully saturated rings. The lowest BCUT2D eigenvalue weighted by Crippen LogP contribution is -2.29. The molecule has 0 spiro atoms. The lowest BCUT2D eigenvalue weighted by atomic mass is 10.1. The molecule has 5 nitrogen and oxygen atoms in total. The fraction of sp³-hybridized carbons (Fsp3) is 0.500. The first-order valence-electron chi connectivity index (χ1n) is 6.91. The van der Waals surface area contributed by atoms with Crippen LogP contribution in [0, 0.1) is 5.92 Å². The number of hydrogen-bond donors (Lipinski definition) is 1. The second kappa shape index (κ2) is 7.53. The van der Waals surface area contributed by atoms with Crippen LogP contribution >= 0.6 is 23.2 Å². The Labute approximate surface area is 139 Å². The van der Waals surface area contributed by atoms with Gasteiger partial charge < -0.3 is 10.1 Å². The van der Waals surface area contributed by atoms with E-state index in [1.54, 1.807) is 18.2 Å².